The highest BCUT2D eigenvalue weighted by molar-refractivity contribution is 7.89. The first-order valence-corrected chi connectivity index (χ1v) is 8.81. The molecule has 0 amide bonds. The summed E-state index contributed by atoms with van der Waals surface area (Å²) in [6.45, 7) is 10.1. The topological polar surface area (TPSA) is 66.4 Å². The van der Waals surface area contributed by atoms with Gasteiger partial charge in [-0.2, -0.15) is 0 Å². The summed E-state index contributed by atoms with van der Waals surface area (Å²) in [6, 6.07) is 4.90. The van der Waals surface area contributed by atoms with Crippen molar-refractivity contribution in [2.24, 2.45) is 10.8 Å². The van der Waals surface area contributed by atoms with Crippen molar-refractivity contribution in [2.75, 3.05) is 0 Å². The van der Waals surface area contributed by atoms with E-state index in [9.17, 15) is 13.5 Å². The lowest BCUT2D eigenvalue weighted by Crippen LogP contribution is -2.30. The maximum atomic E-state index is 12.5. The number of hydrogen-bond donors (Lipinski definition) is 2. The van der Waals surface area contributed by atoms with Gasteiger partial charge in [-0.1, -0.05) is 40.7 Å². The Kier molecular flexibility index (Phi) is 3.98. The lowest BCUT2D eigenvalue weighted by atomic mass is 10.0. The summed E-state index contributed by atoms with van der Waals surface area (Å²) in [4.78, 5) is 0.224. The molecule has 2 N–H and O–H groups in total. The smallest absolute Gasteiger partial charge is 0.240 e. The second kappa shape index (κ2) is 5.07. The molecule has 0 heterocycles. The number of aliphatic hydroxyl groups is 1. The van der Waals surface area contributed by atoms with Crippen LogP contribution in [0, 0.1) is 10.8 Å². The van der Waals surface area contributed by atoms with Crippen LogP contribution in [-0.2, 0) is 23.1 Å². The molecule has 1 aromatic carbocycles. The van der Waals surface area contributed by atoms with Crippen LogP contribution in [0.15, 0.2) is 23.1 Å². The Morgan fingerprint density at radius 2 is 1.71 bits per heavy atom. The van der Waals surface area contributed by atoms with E-state index in [-0.39, 0.29) is 28.4 Å². The van der Waals surface area contributed by atoms with Gasteiger partial charge in [-0.3, -0.25) is 0 Å². The Morgan fingerprint density at radius 3 is 2.14 bits per heavy atom. The zero-order valence-corrected chi connectivity index (χ0v) is 14.2. The van der Waals surface area contributed by atoms with Crippen LogP contribution in [0.2, 0.25) is 0 Å². The molecule has 1 aliphatic carbocycles. The normalized spacial score (nSPS) is 20.5. The van der Waals surface area contributed by atoms with Gasteiger partial charge in [0.15, 0.2) is 0 Å². The number of benzene rings is 1. The molecule has 1 saturated carbocycles. The largest absolute Gasteiger partial charge is 0.392 e. The number of hydrogen-bond acceptors (Lipinski definition) is 3. The first-order valence-electron chi connectivity index (χ1n) is 7.33. The third-order valence-electron chi connectivity index (χ3n) is 5.33. The minimum Gasteiger partial charge on any atom is -0.392 e. The van der Waals surface area contributed by atoms with Gasteiger partial charge in [-0.15, -0.1) is 0 Å². The molecule has 0 aliphatic heterocycles. The first kappa shape index (κ1) is 16.5. The van der Waals surface area contributed by atoms with Crippen LogP contribution in [-0.4, -0.2) is 19.6 Å². The Hall–Kier alpha value is -0.910. The second-order valence-corrected chi connectivity index (χ2v) is 8.65. The van der Waals surface area contributed by atoms with E-state index in [1.165, 1.54) is 0 Å². The highest BCUT2D eigenvalue weighted by Gasteiger charge is 2.66. The summed E-state index contributed by atoms with van der Waals surface area (Å²) in [5.74, 6) is 0. The molecular weight excluding hydrogens is 286 g/mol. The molecule has 1 aromatic rings. The van der Waals surface area contributed by atoms with Crippen LogP contribution in [0.3, 0.4) is 0 Å². The number of rotatable bonds is 5. The molecule has 21 heavy (non-hydrogen) atoms. The zero-order valence-electron chi connectivity index (χ0n) is 13.4. The fraction of sp³-hybridized carbons (Fsp3) is 0.625. The van der Waals surface area contributed by atoms with Gasteiger partial charge < -0.3 is 5.11 Å². The van der Waals surface area contributed by atoms with E-state index >= 15 is 0 Å². The molecule has 0 atom stereocenters. The van der Waals surface area contributed by atoms with E-state index in [0.717, 1.165) is 12.0 Å². The molecule has 0 aromatic heterocycles. The maximum Gasteiger partial charge on any atom is 0.240 e. The van der Waals surface area contributed by atoms with E-state index < -0.39 is 10.0 Å². The van der Waals surface area contributed by atoms with Crippen molar-refractivity contribution in [1.82, 2.24) is 4.72 Å². The lowest BCUT2D eigenvalue weighted by molar-refractivity contribution is 0.280. The summed E-state index contributed by atoms with van der Waals surface area (Å²) < 4.78 is 27.9. The Labute approximate surface area is 127 Å². The maximum absolute atomic E-state index is 12.5. The van der Waals surface area contributed by atoms with E-state index in [1.807, 2.05) is 6.92 Å². The van der Waals surface area contributed by atoms with Crippen LogP contribution < -0.4 is 4.72 Å². The third kappa shape index (κ3) is 2.62. The average molecular weight is 311 g/mol. The molecule has 0 bridgehead atoms. The second-order valence-electron chi connectivity index (χ2n) is 6.94. The van der Waals surface area contributed by atoms with Crippen molar-refractivity contribution in [3.63, 3.8) is 0 Å². The van der Waals surface area contributed by atoms with Gasteiger partial charge in [0.2, 0.25) is 10.0 Å². The molecule has 2 rings (SSSR count). The molecule has 118 valence electrons. The van der Waals surface area contributed by atoms with Gasteiger partial charge in [0, 0.05) is 6.04 Å². The van der Waals surface area contributed by atoms with Gasteiger partial charge in [0.25, 0.3) is 0 Å². The fourth-order valence-electron chi connectivity index (χ4n) is 2.98. The van der Waals surface area contributed by atoms with Gasteiger partial charge >= 0.3 is 0 Å². The summed E-state index contributed by atoms with van der Waals surface area (Å²) in [5, 5.41) is 9.38. The predicted molar refractivity (Wildman–Crippen MR) is 83.4 cm³/mol. The molecule has 1 aliphatic rings. The van der Waals surface area contributed by atoms with Crippen molar-refractivity contribution in [1.29, 1.82) is 0 Å². The minimum atomic E-state index is -3.56. The van der Waals surface area contributed by atoms with Crippen LogP contribution in [0.25, 0.3) is 0 Å². The van der Waals surface area contributed by atoms with Gasteiger partial charge in [-0.25, -0.2) is 13.1 Å². The van der Waals surface area contributed by atoms with E-state index in [2.05, 4.69) is 32.4 Å². The Morgan fingerprint density at radius 1 is 1.14 bits per heavy atom. The SMILES string of the molecule is CCc1ccc(S(=O)(=O)NC2C(C)(C)C2(C)C)cc1CO. The van der Waals surface area contributed by atoms with Gasteiger partial charge in [0.1, 0.15) is 0 Å². The molecular formula is C16H25NO3S. The summed E-state index contributed by atoms with van der Waals surface area (Å²) in [5.41, 5.74) is 1.55. The highest BCUT2D eigenvalue weighted by atomic mass is 32.2. The molecule has 4 nitrogen and oxygen atoms in total. The monoisotopic (exact) mass is 311 g/mol. The Bertz CT molecular complexity index is 633. The molecule has 0 radical (unpaired) electrons. The van der Waals surface area contributed by atoms with Crippen LogP contribution in [0.1, 0.15) is 45.7 Å². The quantitative estimate of drug-likeness (QED) is 0.878. The van der Waals surface area contributed by atoms with Crippen molar-refractivity contribution in [2.45, 2.75) is 58.6 Å². The van der Waals surface area contributed by atoms with Crippen LogP contribution >= 0.6 is 0 Å². The molecule has 0 unspecified atom stereocenters. The van der Waals surface area contributed by atoms with Gasteiger partial charge in [0.05, 0.1) is 11.5 Å². The number of sulfonamides is 1. The van der Waals surface area contributed by atoms with Crippen LogP contribution in [0.5, 0.6) is 0 Å². The molecule has 0 spiro atoms. The summed E-state index contributed by atoms with van der Waals surface area (Å²) in [6.07, 6.45) is 0.770. The predicted octanol–water partition coefficient (Wildman–Crippen LogP) is 2.45. The number of aliphatic hydroxyl groups excluding tert-OH is 1. The number of nitrogens with one attached hydrogen (secondary N) is 1. The lowest BCUT2D eigenvalue weighted by Gasteiger charge is -2.11. The Balaban J connectivity index is 2.29. The van der Waals surface area contributed by atoms with E-state index in [1.54, 1.807) is 18.2 Å². The van der Waals surface area contributed by atoms with Crippen LogP contribution in [0.4, 0.5) is 0 Å². The molecule has 5 heteroatoms. The minimum absolute atomic E-state index is 0.0523. The van der Waals surface area contributed by atoms with E-state index in [0.29, 0.717) is 5.56 Å². The van der Waals surface area contributed by atoms with Gasteiger partial charge in [-0.05, 0) is 40.5 Å². The molecule has 0 saturated heterocycles. The summed E-state index contributed by atoms with van der Waals surface area (Å²) in [7, 11) is -3.56. The standard InChI is InChI=1S/C16H25NO3S/c1-6-11-7-8-13(9-12(11)10-18)21(19,20)17-14-15(2,3)16(14,4)5/h7-9,14,17-18H,6,10H2,1-5H3. The average Bonchev–Trinajstić information content (AvgIpc) is 2.79. The zero-order chi connectivity index (χ0) is 16.1. The first-order chi connectivity index (χ1) is 9.57. The highest BCUT2D eigenvalue weighted by Crippen LogP contribution is 2.62. The molecule has 1 fully saturated rings. The summed E-state index contributed by atoms with van der Waals surface area (Å²) >= 11 is 0. The van der Waals surface area contributed by atoms with Crippen molar-refractivity contribution >= 4 is 10.0 Å². The van der Waals surface area contributed by atoms with Crippen molar-refractivity contribution < 1.29 is 13.5 Å². The number of aryl methyl sites for hydroxylation is 1. The van der Waals surface area contributed by atoms with E-state index in [4.69, 9.17) is 0 Å². The third-order valence-corrected chi connectivity index (χ3v) is 6.75. The fourth-order valence-corrected chi connectivity index (χ4v) is 4.56. The van der Waals surface area contributed by atoms with Crippen molar-refractivity contribution in [3.05, 3.63) is 29.3 Å². The van der Waals surface area contributed by atoms with Crippen molar-refractivity contribution in [3.8, 4) is 0 Å².